The molecule has 0 radical (unpaired) electrons. The monoisotopic (exact) mass is 362 g/mol. The SMILES string of the molecule is C=CCN(CC(F)(F)F)C(=O)c1ccc(N2CCCS2(=O)=O)cc1. The molecule has 5 nitrogen and oxygen atoms in total. The predicted octanol–water partition coefficient (Wildman–Crippen LogP) is 2.42. The number of sulfonamides is 1. The number of carbonyl (C=O) groups excluding carboxylic acids is 1. The second-order valence-corrected chi connectivity index (χ2v) is 7.39. The standard InChI is InChI=1S/C15H17F3N2O3S/c1-2-8-19(11-15(16,17)18)14(21)12-4-6-13(7-5-12)20-9-3-10-24(20,22)23/h2,4-7H,1,3,8-11H2. The van der Waals surface area contributed by atoms with E-state index in [1.165, 1.54) is 34.6 Å². The number of amides is 1. The van der Waals surface area contributed by atoms with Gasteiger partial charge in [0.05, 0.1) is 11.4 Å². The molecule has 1 fully saturated rings. The molecule has 0 N–H and O–H groups in total. The summed E-state index contributed by atoms with van der Waals surface area (Å²) in [7, 11) is -3.35. The quantitative estimate of drug-likeness (QED) is 0.756. The average molecular weight is 362 g/mol. The van der Waals surface area contributed by atoms with Gasteiger partial charge in [-0.05, 0) is 30.7 Å². The molecule has 0 spiro atoms. The van der Waals surface area contributed by atoms with Crippen LogP contribution in [0.3, 0.4) is 0 Å². The van der Waals surface area contributed by atoms with Gasteiger partial charge in [0, 0.05) is 18.7 Å². The third-order valence-corrected chi connectivity index (χ3v) is 5.38. The molecule has 1 amide bonds. The number of rotatable bonds is 5. The van der Waals surface area contributed by atoms with E-state index >= 15 is 0 Å². The summed E-state index contributed by atoms with van der Waals surface area (Å²) < 4.78 is 62.6. The highest BCUT2D eigenvalue weighted by atomic mass is 32.2. The first-order valence-electron chi connectivity index (χ1n) is 7.21. The van der Waals surface area contributed by atoms with Gasteiger partial charge in [-0.1, -0.05) is 6.08 Å². The molecule has 9 heteroatoms. The van der Waals surface area contributed by atoms with Gasteiger partial charge in [-0.3, -0.25) is 9.10 Å². The van der Waals surface area contributed by atoms with Gasteiger partial charge in [-0.15, -0.1) is 6.58 Å². The maximum Gasteiger partial charge on any atom is 0.406 e. The van der Waals surface area contributed by atoms with Gasteiger partial charge in [0.1, 0.15) is 6.54 Å². The average Bonchev–Trinajstić information content (AvgIpc) is 2.84. The molecule has 0 aromatic heterocycles. The highest BCUT2D eigenvalue weighted by Gasteiger charge is 2.33. The van der Waals surface area contributed by atoms with Crippen molar-refractivity contribution in [3.8, 4) is 0 Å². The van der Waals surface area contributed by atoms with Crippen LogP contribution in [0.25, 0.3) is 0 Å². The van der Waals surface area contributed by atoms with Crippen LogP contribution in [0.15, 0.2) is 36.9 Å². The highest BCUT2D eigenvalue weighted by molar-refractivity contribution is 7.93. The van der Waals surface area contributed by atoms with E-state index in [2.05, 4.69) is 6.58 Å². The number of anilines is 1. The zero-order valence-corrected chi connectivity index (χ0v) is 13.6. The lowest BCUT2D eigenvalue weighted by atomic mass is 10.1. The van der Waals surface area contributed by atoms with E-state index in [9.17, 15) is 26.4 Å². The Balaban J connectivity index is 2.19. The van der Waals surface area contributed by atoms with Crippen molar-refractivity contribution in [3.63, 3.8) is 0 Å². The summed E-state index contributed by atoms with van der Waals surface area (Å²) in [4.78, 5) is 12.9. The van der Waals surface area contributed by atoms with Crippen molar-refractivity contribution < 1.29 is 26.4 Å². The van der Waals surface area contributed by atoms with Crippen molar-refractivity contribution in [2.24, 2.45) is 0 Å². The largest absolute Gasteiger partial charge is 0.406 e. The molecule has 2 rings (SSSR count). The summed E-state index contributed by atoms with van der Waals surface area (Å²) in [6, 6.07) is 5.52. The molecular formula is C15H17F3N2O3S. The molecule has 24 heavy (non-hydrogen) atoms. The molecule has 1 heterocycles. The molecule has 1 saturated heterocycles. The van der Waals surface area contributed by atoms with Crippen molar-refractivity contribution >= 4 is 21.6 Å². The minimum Gasteiger partial charge on any atom is -0.326 e. The van der Waals surface area contributed by atoms with E-state index in [0.717, 1.165) is 0 Å². The van der Waals surface area contributed by atoms with E-state index in [4.69, 9.17) is 0 Å². The summed E-state index contributed by atoms with van der Waals surface area (Å²) in [6.07, 6.45) is -2.78. The van der Waals surface area contributed by atoms with Crippen molar-refractivity contribution in [3.05, 3.63) is 42.5 Å². The van der Waals surface area contributed by atoms with Gasteiger partial charge in [0.2, 0.25) is 10.0 Å². The Hall–Kier alpha value is -2.03. The fourth-order valence-corrected chi connectivity index (χ4v) is 4.04. The Morgan fingerprint density at radius 2 is 1.92 bits per heavy atom. The van der Waals surface area contributed by atoms with E-state index in [1.54, 1.807) is 0 Å². The van der Waals surface area contributed by atoms with Gasteiger partial charge in [0.15, 0.2) is 0 Å². The van der Waals surface area contributed by atoms with Crippen LogP contribution in [-0.2, 0) is 10.0 Å². The molecule has 0 saturated carbocycles. The number of benzene rings is 1. The van der Waals surface area contributed by atoms with Gasteiger partial charge < -0.3 is 4.90 Å². The normalized spacial score (nSPS) is 16.9. The lowest BCUT2D eigenvalue weighted by Crippen LogP contribution is -2.39. The summed E-state index contributed by atoms with van der Waals surface area (Å²) in [5.41, 5.74) is 0.455. The van der Waals surface area contributed by atoms with Crippen LogP contribution in [0.2, 0.25) is 0 Å². The van der Waals surface area contributed by atoms with Crippen molar-refractivity contribution in [2.75, 3.05) is 29.7 Å². The first-order valence-corrected chi connectivity index (χ1v) is 8.82. The number of hydrogen-bond donors (Lipinski definition) is 0. The highest BCUT2D eigenvalue weighted by Crippen LogP contribution is 2.25. The second kappa shape index (κ2) is 6.84. The number of hydrogen-bond acceptors (Lipinski definition) is 3. The summed E-state index contributed by atoms with van der Waals surface area (Å²) >= 11 is 0. The van der Waals surface area contributed by atoms with E-state index in [-0.39, 0.29) is 17.9 Å². The summed E-state index contributed by atoms with van der Waals surface area (Å²) in [6.45, 7) is 2.10. The fraction of sp³-hybridized carbons (Fsp3) is 0.400. The summed E-state index contributed by atoms with van der Waals surface area (Å²) in [5, 5.41) is 0. The summed E-state index contributed by atoms with van der Waals surface area (Å²) in [5.74, 6) is -0.727. The van der Waals surface area contributed by atoms with Crippen LogP contribution >= 0.6 is 0 Å². The Labute approximate surface area is 138 Å². The Bertz CT molecular complexity index is 714. The smallest absolute Gasteiger partial charge is 0.326 e. The predicted molar refractivity (Wildman–Crippen MR) is 84.3 cm³/mol. The minimum absolute atomic E-state index is 0.0569. The van der Waals surface area contributed by atoms with E-state index < -0.39 is 28.7 Å². The van der Waals surface area contributed by atoms with Crippen molar-refractivity contribution in [1.29, 1.82) is 0 Å². The molecule has 132 valence electrons. The minimum atomic E-state index is -4.51. The number of nitrogens with zero attached hydrogens (tertiary/aromatic N) is 2. The molecule has 1 aliphatic rings. The van der Waals surface area contributed by atoms with E-state index in [1.807, 2.05) is 0 Å². The van der Waals surface area contributed by atoms with E-state index in [0.29, 0.717) is 23.6 Å². The van der Waals surface area contributed by atoms with Gasteiger partial charge in [-0.2, -0.15) is 13.2 Å². The molecule has 0 atom stereocenters. The molecule has 1 aliphatic heterocycles. The third-order valence-electron chi connectivity index (χ3n) is 3.51. The third kappa shape index (κ3) is 4.28. The maximum atomic E-state index is 12.6. The molecular weight excluding hydrogens is 345 g/mol. The van der Waals surface area contributed by atoms with Crippen LogP contribution in [0.5, 0.6) is 0 Å². The van der Waals surface area contributed by atoms with Gasteiger partial charge in [0.25, 0.3) is 5.91 Å². The Kier molecular flexibility index (Phi) is 5.22. The zero-order chi connectivity index (χ0) is 18.0. The Morgan fingerprint density at radius 1 is 1.29 bits per heavy atom. The number of carbonyl (C=O) groups is 1. The molecule has 0 bridgehead atoms. The lowest BCUT2D eigenvalue weighted by molar-refractivity contribution is -0.139. The maximum absolute atomic E-state index is 12.6. The molecule has 0 aliphatic carbocycles. The lowest BCUT2D eigenvalue weighted by Gasteiger charge is -2.23. The van der Waals surface area contributed by atoms with Crippen LogP contribution in [0, 0.1) is 0 Å². The fourth-order valence-electron chi connectivity index (χ4n) is 2.47. The van der Waals surface area contributed by atoms with Crippen molar-refractivity contribution in [1.82, 2.24) is 4.90 Å². The first-order chi connectivity index (χ1) is 11.1. The number of alkyl halides is 3. The second-order valence-electron chi connectivity index (χ2n) is 5.38. The number of halogens is 3. The zero-order valence-electron chi connectivity index (χ0n) is 12.8. The van der Waals surface area contributed by atoms with Gasteiger partial charge >= 0.3 is 6.18 Å². The topological polar surface area (TPSA) is 57.7 Å². The molecule has 1 aromatic rings. The Morgan fingerprint density at radius 3 is 2.38 bits per heavy atom. The van der Waals surface area contributed by atoms with Crippen LogP contribution < -0.4 is 4.31 Å². The van der Waals surface area contributed by atoms with Crippen molar-refractivity contribution in [2.45, 2.75) is 12.6 Å². The van der Waals surface area contributed by atoms with Crippen LogP contribution in [0.1, 0.15) is 16.8 Å². The van der Waals surface area contributed by atoms with Crippen LogP contribution in [0.4, 0.5) is 18.9 Å². The van der Waals surface area contributed by atoms with Gasteiger partial charge in [-0.25, -0.2) is 8.42 Å². The first kappa shape index (κ1) is 18.3. The van der Waals surface area contributed by atoms with Crippen LogP contribution in [-0.4, -0.2) is 50.8 Å². The molecule has 0 unspecified atom stereocenters. The molecule has 1 aromatic carbocycles.